The molecule has 0 saturated carbocycles. The second kappa shape index (κ2) is 16.8. The van der Waals surface area contributed by atoms with Crippen molar-refractivity contribution in [3.05, 3.63) is 42.0 Å². The molecule has 0 fully saturated rings. The van der Waals surface area contributed by atoms with E-state index in [-0.39, 0.29) is 17.3 Å². The molecule has 0 amide bonds. The number of rotatable bonds is 13. The summed E-state index contributed by atoms with van der Waals surface area (Å²) in [5, 5.41) is 17.3. The number of carbonyl (C=O) groups excluding carboxylic acids is 1. The molecule has 0 aliphatic heterocycles. The van der Waals surface area contributed by atoms with E-state index in [1.165, 1.54) is 69.9 Å². The van der Waals surface area contributed by atoms with Crippen LogP contribution in [0.4, 0.5) is 0 Å². The van der Waals surface area contributed by atoms with Gasteiger partial charge in [0, 0.05) is 5.57 Å². The molecule has 0 bridgehead atoms. The zero-order chi connectivity index (χ0) is 21.2. The van der Waals surface area contributed by atoms with Crippen LogP contribution in [0.25, 0.3) is 0 Å². The highest BCUT2D eigenvalue weighted by atomic mass is 16.5. The van der Waals surface area contributed by atoms with Gasteiger partial charge in [0.2, 0.25) is 0 Å². The molecule has 0 atom stereocenters. The molecule has 1 aromatic carbocycles. The minimum atomic E-state index is -1.11. The zero-order valence-corrected chi connectivity index (χ0v) is 17.4. The average Bonchev–Trinajstić information content (AvgIpc) is 2.66. The van der Waals surface area contributed by atoms with Gasteiger partial charge in [-0.2, -0.15) is 0 Å². The number of benzene rings is 1. The fourth-order valence-corrected chi connectivity index (χ4v) is 2.53. The van der Waals surface area contributed by atoms with E-state index < -0.39 is 5.97 Å². The Labute approximate surface area is 169 Å². The number of carbonyl (C=O) groups is 2. The van der Waals surface area contributed by atoms with Gasteiger partial charge in [0.05, 0.1) is 6.61 Å². The predicted molar refractivity (Wildman–Crippen MR) is 113 cm³/mol. The highest BCUT2D eigenvalue weighted by molar-refractivity contribution is 5.90. The van der Waals surface area contributed by atoms with Crippen LogP contribution in [0.5, 0.6) is 5.75 Å². The van der Waals surface area contributed by atoms with Gasteiger partial charge in [-0.1, -0.05) is 83.4 Å². The Morgan fingerprint density at radius 3 is 1.86 bits per heavy atom. The number of aromatic carboxylic acids is 1. The molecule has 1 rings (SSSR count). The van der Waals surface area contributed by atoms with E-state index in [1.807, 2.05) is 0 Å². The van der Waals surface area contributed by atoms with Crippen molar-refractivity contribution in [2.24, 2.45) is 0 Å². The van der Waals surface area contributed by atoms with Crippen molar-refractivity contribution in [2.75, 3.05) is 6.61 Å². The summed E-state index contributed by atoms with van der Waals surface area (Å²) in [6.07, 6.45) is 13.0. The van der Waals surface area contributed by atoms with E-state index in [4.69, 9.17) is 14.9 Å². The van der Waals surface area contributed by atoms with Crippen LogP contribution < -0.4 is 0 Å². The zero-order valence-electron chi connectivity index (χ0n) is 17.4. The van der Waals surface area contributed by atoms with Gasteiger partial charge in [0.25, 0.3) is 0 Å². The molecule has 28 heavy (non-hydrogen) atoms. The predicted octanol–water partition coefficient (Wildman–Crippen LogP) is 6.12. The minimum Gasteiger partial charge on any atom is -0.507 e. The average molecular weight is 393 g/mol. The van der Waals surface area contributed by atoms with Crippen LogP contribution in [-0.4, -0.2) is 28.8 Å². The van der Waals surface area contributed by atoms with E-state index in [2.05, 4.69) is 13.5 Å². The number of aromatic hydroxyl groups is 1. The normalized spacial score (nSPS) is 9.93. The van der Waals surface area contributed by atoms with Crippen LogP contribution in [-0.2, 0) is 9.53 Å². The van der Waals surface area contributed by atoms with Crippen molar-refractivity contribution >= 4 is 11.9 Å². The molecule has 5 nitrogen and oxygen atoms in total. The molecule has 0 unspecified atom stereocenters. The first-order valence-corrected chi connectivity index (χ1v) is 10.2. The number of phenols is 1. The summed E-state index contributed by atoms with van der Waals surface area (Å²) < 4.78 is 5.04. The molecule has 158 valence electrons. The first-order valence-electron chi connectivity index (χ1n) is 10.2. The van der Waals surface area contributed by atoms with E-state index in [9.17, 15) is 9.59 Å². The number of carboxylic acid groups (broad SMARTS) is 1. The second-order valence-electron chi connectivity index (χ2n) is 6.92. The maximum Gasteiger partial charge on any atom is 0.339 e. The summed E-state index contributed by atoms with van der Waals surface area (Å²) in [6, 6.07) is 5.81. The first kappa shape index (κ1) is 25.7. The molecular formula is C23H36O5. The van der Waals surface area contributed by atoms with E-state index in [0.717, 1.165) is 6.42 Å². The highest BCUT2D eigenvalue weighted by Crippen LogP contribution is 2.14. The molecule has 0 radical (unpaired) electrons. The number of unbranched alkanes of at least 4 members (excludes halogenated alkanes) is 9. The SMILES string of the molecule is C=C(C)C(=O)OCCCCCCCCCCCC.O=C(O)c1ccccc1O. The lowest BCUT2D eigenvalue weighted by atomic mass is 10.1. The fraction of sp³-hybridized carbons (Fsp3) is 0.565. The molecular weight excluding hydrogens is 356 g/mol. The van der Waals surface area contributed by atoms with Crippen LogP contribution in [0.15, 0.2) is 36.4 Å². The highest BCUT2D eigenvalue weighted by Gasteiger charge is 2.05. The van der Waals surface area contributed by atoms with Crippen molar-refractivity contribution in [2.45, 2.75) is 78.1 Å². The van der Waals surface area contributed by atoms with E-state index in [0.29, 0.717) is 12.2 Å². The molecule has 5 heteroatoms. The summed E-state index contributed by atoms with van der Waals surface area (Å²) in [6.45, 7) is 8.03. The minimum absolute atomic E-state index is 0.0671. The Morgan fingerprint density at radius 1 is 0.929 bits per heavy atom. The fourth-order valence-electron chi connectivity index (χ4n) is 2.53. The lowest BCUT2D eigenvalue weighted by Crippen LogP contribution is -2.05. The molecule has 0 heterocycles. The van der Waals surface area contributed by atoms with Gasteiger partial charge in [0.1, 0.15) is 11.3 Å². The third-order valence-electron chi connectivity index (χ3n) is 4.21. The smallest absolute Gasteiger partial charge is 0.339 e. The third kappa shape index (κ3) is 13.8. The summed E-state index contributed by atoms with van der Waals surface area (Å²) in [5.74, 6) is -1.57. The summed E-state index contributed by atoms with van der Waals surface area (Å²) in [4.78, 5) is 21.3. The van der Waals surface area contributed by atoms with Gasteiger partial charge in [-0.3, -0.25) is 0 Å². The maximum absolute atomic E-state index is 11.1. The summed E-state index contributed by atoms with van der Waals surface area (Å²) >= 11 is 0. The third-order valence-corrected chi connectivity index (χ3v) is 4.21. The molecule has 0 aromatic heterocycles. The van der Waals surface area contributed by atoms with Gasteiger partial charge < -0.3 is 14.9 Å². The van der Waals surface area contributed by atoms with Crippen LogP contribution in [0.1, 0.15) is 88.4 Å². The largest absolute Gasteiger partial charge is 0.507 e. The topological polar surface area (TPSA) is 83.8 Å². The molecule has 2 N–H and O–H groups in total. The molecule has 0 aliphatic rings. The number of carboxylic acids is 1. The monoisotopic (exact) mass is 392 g/mol. The van der Waals surface area contributed by atoms with Gasteiger partial charge in [-0.15, -0.1) is 0 Å². The lowest BCUT2D eigenvalue weighted by molar-refractivity contribution is -0.139. The Hall–Kier alpha value is -2.30. The molecule has 0 spiro atoms. The van der Waals surface area contributed by atoms with Crippen LogP contribution >= 0.6 is 0 Å². The Morgan fingerprint density at radius 2 is 1.43 bits per heavy atom. The number of hydrogen-bond donors (Lipinski definition) is 2. The maximum atomic E-state index is 11.1. The second-order valence-corrected chi connectivity index (χ2v) is 6.92. The van der Waals surface area contributed by atoms with Crippen molar-refractivity contribution in [3.63, 3.8) is 0 Å². The number of hydrogen-bond acceptors (Lipinski definition) is 4. The van der Waals surface area contributed by atoms with E-state index in [1.54, 1.807) is 19.1 Å². The van der Waals surface area contributed by atoms with Gasteiger partial charge in [0.15, 0.2) is 0 Å². The van der Waals surface area contributed by atoms with Crippen molar-refractivity contribution < 1.29 is 24.5 Å². The van der Waals surface area contributed by atoms with Crippen molar-refractivity contribution in [1.82, 2.24) is 0 Å². The number of esters is 1. The van der Waals surface area contributed by atoms with Gasteiger partial charge in [-0.05, 0) is 25.5 Å². The van der Waals surface area contributed by atoms with Gasteiger partial charge in [-0.25, -0.2) is 9.59 Å². The van der Waals surface area contributed by atoms with Gasteiger partial charge >= 0.3 is 11.9 Å². The van der Waals surface area contributed by atoms with E-state index >= 15 is 0 Å². The summed E-state index contributed by atoms with van der Waals surface area (Å²) in [5.41, 5.74) is 0.421. The molecule has 1 aromatic rings. The lowest BCUT2D eigenvalue weighted by Gasteiger charge is -2.04. The molecule has 0 saturated heterocycles. The van der Waals surface area contributed by atoms with Crippen molar-refractivity contribution in [3.8, 4) is 5.75 Å². The Bertz CT molecular complexity index is 580. The Kier molecular flexibility index (Phi) is 15.5. The van der Waals surface area contributed by atoms with Crippen molar-refractivity contribution in [1.29, 1.82) is 0 Å². The number of ether oxygens (including phenoxy) is 1. The van der Waals surface area contributed by atoms with Crippen LogP contribution in [0, 0.1) is 0 Å². The Balaban J connectivity index is 0.000000609. The number of para-hydroxylation sites is 1. The summed E-state index contributed by atoms with van der Waals surface area (Å²) in [7, 11) is 0. The van der Waals surface area contributed by atoms with Crippen LogP contribution in [0.3, 0.4) is 0 Å². The quantitative estimate of drug-likeness (QED) is 0.240. The first-order chi connectivity index (χ1) is 13.4. The van der Waals surface area contributed by atoms with Crippen LogP contribution in [0.2, 0.25) is 0 Å². The molecule has 0 aliphatic carbocycles. The standard InChI is InChI=1S/C16H30O2.C7H6O3/c1-4-5-6-7-8-9-10-11-12-13-14-18-16(17)15(2)3;8-6-4-2-1-3-5(6)7(9)10/h2,4-14H2,1,3H3;1-4,8H,(H,9,10).